The van der Waals surface area contributed by atoms with Gasteiger partial charge in [0.05, 0.1) is 90.1 Å². The van der Waals surface area contributed by atoms with Gasteiger partial charge >= 0.3 is 0 Å². The molecule has 0 radical (unpaired) electrons. The lowest BCUT2D eigenvalue weighted by atomic mass is 9.62. The monoisotopic (exact) mass is 1160 g/mol. The molecule has 0 amide bonds. The van der Waals surface area contributed by atoms with Crippen molar-refractivity contribution in [3.8, 4) is 5.75 Å². The summed E-state index contributed by atoms with van der Waals surface area (Å²) in [6.07, 6.45) is -6.49. The number of allylic oxidation sites excluding steroid dienone is 2. The maximum absolute atomic E-state index is 14.6. The first-order chi connectivity index (χ1) is 38.9. The van der Waals surface area contributed by atoms with Gasteiger partial charge in [0, 0.05) is 73.7 Å². The molecule has 460 valence electrons. The Kier molecular flexibility index (Phi) is 19.0. The van der Waals surface area contributed by atoms with E-state index in [0.29, 0.717) is 51.4 Å². The van der Waals surface area contributed by atoms with Gasteiger partial charge in [-0.25, -0.2) is 0 Å². The van der Waals surface area contributed by atoms with E-state index >= 15 is 0 Å². The van der Waals surface area contributed by atoms with Gasteiger partial charge in [0.25, 0.3) is 0 Å². The normalized spacial score (nSPS) is 44.8. The largest absolute Gasteiger partial charge is 0.511 e. The summed E-state index contributed by atoms with van der Waals surface area (Å²) in [6.45, 7) is 13.1. The van der Waals surface area contributed by atoms with Crippen LogP contribution in [-0.4, -0.2) is 221 Å². The molecule has 0 bridgehead atoms. The molecule has 22 unspecified atom stereocenters. The van der Waals surface area contributed by atoms with Gasteiger partial charge in [-0.05, 0) is 108 Å². The molecule has 1 aromatic rings. The number of phenolic OH excluding ortho intramolecular Hbond substituents is 1. The summed E-state index contributed by atoms with van der Waals surface area (Å²) in [7, 11) is 7.71. The standard InChI is InChI=1S/C60H90N2O20/c1-12-60(70)26-41(79-46-24-34(61(8)9)57(31(6)75-46)80-44-22-18-39(29(4)73-44)77-42-20-16-36(63)27(2)71-42)49-52(56(69)50-51(55(49)68)54(67)48-33(53(50)66)14-13-15-38(48)65)59(60)82-47-25-35(62(10)11)58(32(7)76-47)81-45-23-19-40(30(5)74-45)78-43-21-17-37(64)28(3)72-43/h13-15,27-32,34-37,39-47,50-51,57-59,63-65,68-70H,12,16-26H2,1-11H3/t27?,28?,29?,30?,31?,32?,34?,35?,36?,37?,39?,40?,41-,42?,43?,44?,45?,46?,47?,50?,51?,57?,58?,59+,60+/m0/s1. The Morgan fingerprint density at radius 3 is 1.45 bits per heavy atom. The van der Waals surface area contributed by atoms with Crippen molar-refractivity contribution in [2.45, 2.75) is 266 Å². The van der Waals surface area contributed by atoms with Crippen LogP contribution >= 0.6 is 0 Å². The number of aliphatic hydroxyl groups excluding tert-OH is 4. The number of nitrogens with zero attached hydrogens (tertiary/aromatic N) is 2. The van der Waals surface area contributed by atoms with Gasteiger partial charge in [0.15, 0.2) is 49.3 Å². The summed E-state index contributed by atoms with van der Waals surface area (Å²) in [5.74, 6) is -6.26. The number of likely N-dealkylation sites (N-methyl/N-ethyl adjacent to an activating group) is 2. The minimum atomic E-state index is -1.83. The second kappa shape index (κ2) is 25.2. The van der Waals surface area contributed by atoms with Gasteiger partial charge in [-0.15, -0.1) is 0 Å². The zero-order chi connectivity index (χ0) is 58.8. The number of phenols is 1. The number of ketones is 2. The van der Waals surface area contributed by atoms with Crippen molar-refractivity contribution in [1.29, 1.82) is 0 Å². The molecule has 7 fully saturated rings. The number of carbonyl (C=O) groups is 2. The van der Waals surface area contributed by atoms with E-state index in [9.17, 15) is 40.2 Å². The van der Waals surface area contributed by atoms with Crippen LogP contribution in [-0.2, 0) is 56.8 Å². The molecule has 0 spiro atoms. The van der Waals surface area contributed by atoms with Crippen LogP contribution in [0.25, 0.3) is 0 Å². The van der Waals surface area contributed by atoms with E-state index < -0.39 is 133 Å². The first-order valence-electron chi connectivity index (χ1n) is 30.0. The summed E-state index contributed by atoms with van der Waals surface area (Å²) in [5.41, 5.74) is -2.31. The predicted molar refractivity (Wildman–Crippen MR) is 291 cm³/mol. The summed E-state index contributed by atoms with van der Waals surface area (Å²) in [6, 6.07) is 3.52. The molecular formula is C60H90N2O20. The van der Waals surface area contributed by atoms with E-state index in [1.807, 2.05) is 79.5 Å². The number of rotatable bonds is 15. The van der Waals surface area contributed by atoms with E-state index in [1.165, 1.54) is 18.2 Å². The number of hydrogen-bond acceptors (Lipinski definition) is 22. The van der Waals surface area contributed by atoms with Gasteiger partial charge in [-0.2, -0.15) is 0 Å². The zero-order valence-corrected chi connectivity index (χ0v) is 49.4. The van der Waals surface area contributed by atoms with Crippen molar-refractivity contribution in [1.82, 2.24) is 9.80 Å². The number of fused-ring (bicyclic) bond motifs is 3. The van der Waals surface area contributed by atoms with Gasteiger partial charge in [-0.3, -0.25) is 9.59 Å². The third-order valence-corrected chi connectivity index (χ3v) is 19.0. The Balaban J connectivity index is 0.871. The molecule has 22 nitrogen and oxygen atoms in total. The highest BCUT2D eigenvalue weighted by Gasteiger charge is 2.60. The fraction of sp³-hybridized carbons (Fsp3) is 0.800. The molecule has 10 rings (SSSR count). The van der Waals surface area contributed by atoms with E-state index in [0.717, 1.165) is 0 Å². The van der Waals surface area contributed by atoms with Crippen LogP contribution in [0.1, 0.15) is 146 Å². The number of benzene rings is 1. The summed E-state index contributed by atoms with van der Waals surface area (Å²) in [4.78, 5) is 33.2. The number of aliphatic hydroxyl groups is 5. The molecule has 0 aromatic heterocycles. The second-order valence-electron chi connectivity index (χ2n) is 24.9. The lowest BCUT2D eigenvalue weighted by Gasteiger charge is -2.52. The Morgan fingerprint density at radius 2 is 0.976 bits per heavy atom. The highest BCUT2D eigenvalue weighted by atomic mass is 16.8. The lowest BCUT2D eigenvalue weighted by molar-refractivity contribution is -0.320. The van der Waals surface area contributed by atoms with Crippen LogP contribution in [0.5, 0.6) is 5.75 Å². The van der Waals surface area contributed by atoms with Gasteiger partial charge < -0.3 is 97.3 Å². The fourth-order valence-electron chi connectivity index (χ4n) is 14.1. The Morgan fingerprint density at radius 1 is 0.537 bits per heavy atom. The van der Waals surface area contributed by atoms with Crippen molar-refractivity contribution >= 4 is 11.6 Å². The van der Waals surface area contributed by atoms with Gasteiger partial charge in [0.2, 0.25) is 0 Å². The minimum Gasteiger partial charge on any atom is -0.511 e. The molecule has 6 saturated heterocycles. The number of carbonyl (C=O) groups excluding carboxylic acids is 2. The minimum absolute atomic E-state index is 0.0224. The molecular weight excluding hydrogens is 1070 g/mol. The van der Waals surface area contributed by atoms with Crippen molar-refractivity contribution in [2.24, 2.45) is 11.8 Å². The first kappa shape index (κ1) is 61.8. The molecule has 22 heteroatoms. The SMILES string of the molecule is CC[C@@]1(O)C[C@H](OC2CC(N(C)C)C(OC3CCC(OC4CCC(O)C(C)O4)C(C)O3)C(C)O2)C2=C(O)C3C(=O)c4c(O)cccc4C(=O)C3C(O)=C2[C@H]1OC1CC(N(C)C)C(OC2CCC(OC3CCC(O)C(C)O3)C(C)O2)C(C)O1. The van der Waals surface area contributed by atoms with Crippen LogP contribution in [0.2, 0.25) is 0 Å². The Bertz CT molecular complexity index is 2490. The second-order valence-corrected chi connectivity index (χ2v) is 24.9. The third-order valence-electron chi connectivity index (χ3n) is 19.0. The summed E-state index contributed by atoms with van der Waals surface area (Å²) >= 11 is 0. The Labute approximate surface area is 481 Å². The number of ether oxygens (including phenoxy) is 12. The quantitative estimate of drug-likeness (QED) is 0.127. The van der Waals surface area contributed by atoms with E-state index in [1.54, 1.807) is 6.92 Å². The van der Waals surface area contributed by atoms with Crippen LogP contribution in [0.4, 0.5) is 0 Å². The number of Topliss-reactive ketones (excluding diaryl/α,β-unsaturated/α-hetero) is 2. The summed E-state index contributed by atoms with van der Waals surface area (Å²) < 4.78 is 77.9. The molecule has 1 aromatic carbocycles. The first-order valence-corrected chi connectivity index (χ1v) is 30.0. The van der Waals surface area contributed by atoms with Gasteiger partial charge in [0.1, 0.15) is 35.6 Å². The molecule has 6 heterocycles. The molecule has 1 saturated carbocycles. The summed E-state index contributed by atoms with van der Waals surface area (Å²) in [5, 5.41) is 69.9. The number of hydrogen-bond donors (Lipinski definition) is 6. The third kappa shape index (κ3) is 12.4. The van der Waals surface area contributed by atoms with Gasteiger partial charge in [-0.1, -0.05) is 19.1 Å². The predicted octanol–water partition coefficient (Wildman–Crippen LogP) is 5.45. The van der Waals surface area contributed by atoms with Crippen molar-refractivity contribution in [2.75, 3.05) is 28.2 Å². The smallest absolute Gasteiger partial charge is 0.179 e. The molecule has 3 aliphatic carbocycles. The van der Waals surface area contributed by atoms with Crippen LogP contribution < -0.4 is 0 Å². The van der Waals surface area contributed by atoms with Crippen molar-refractivity contribution < 1.29 is 97.1 Å². The maximum atomic E-state index is 14.6. The van der Waals surface area contributed by atoms with E-state index in [2.05, 4.69) is 0 Å². The lowest BCUT2D eigenvalue weighted by Crippen LogP contribution is -2.61. The highest BCUT2D eigenvalue weighted by Crippen LogP contribution is 2.54. The molecule has 6 aliphatic heterocycles. The highest BCUT2D eigenvalue weighted by molar-refractivity contribution is 6.19. The zero-order valence-electron chi connectivity index (χ0n) is 49.4. The molecule has 6 N–H and O–H groups in total. The number of aromatic hydroxyl groups is 1. The maximum Gasteiger partial charge on any atom is 0.179 e. The van der Waals surface area contributed by atoms with E-state index in [4.69, 9.17) is 56.8 Å². The van der Waals surface area contributed by atoms with E-state index in [-0.39, 0.29) is 96.7 Å². The van der Waals surface area contributed by atoms with Crippen LogP contribution in [0.15, 0.2) is 40.9 Å². The van der Waals surface area contributed by atoms with Crippen LogP contribution in [0, 0.1) is 11.8 Å². The molecule has 25 atom stereocenters. The average molecular weight is 1160 g/mol. The van der Waals surface area contributed by atoms with Crippen molar-refractivity contribution in [3.05, 3.63) is 52.0 Å². The van der Waals surface area contributed by atoms with Crippen molar-refractivity contribution in [3.63, 3.8) is 0 Å². The Hall–Kier alpha value is -3.24. The fourth-order valence-corrected chi connectivity index (χ4v) is 14.1. The topological polar surface area (TPSA) is 273 Å². The molecule has 82 heavy (non-hydrogen) atoms. The average Bonchev–Trinajstić information content (AvgIpc) is 1.06. The van der Waals surface area contributed by atoms with Crippen LogP contribution in [0.3, 0.4) is 0 Å². The molecule has 9 aliphatic rings.